The summed E-state index contributed by atoms with van der Waals surface area (Å²) >= 11 is 0. The van der Waals surface area contributed by atoms with Gasteiger partial charge in [0, 0.05) is 19.1 Å². The quantitative estimate of drug-likeness (QED) is 0.889. The third-order valence-corrected chi connectivity index (χ3v) is 3.81. The Hall–Kier alpha value is -2.38. The van der Waals surface area contributed by atoms with Gasteiger partial charge in [0.05, 0.1) is 0 Å². The number of aryl methyl sites for hydroxylation is 1. The van der Waals surface area contributed by atoms with E-state index in [0.29, 0.717) is 11.7 Å². The minimum absolute atomic E-state index is 0.355. The van der Waals surface area contributed by atoms with E-state index in [-0.39, 0.29) is 0 Å². The van der Waals surface area contributed by atoms with E-state index in [1.807, 2.05) is 25.1 Å². The lowest BCUT2D eigenvalue weighted by Gasteiger charge is -2.25. The van der Waals surface area contributed by atoms with Crippen molar-refractivity contribution >= 4 is 5.82 Å². The van der Waals surface area contributed by atoms with Crippen LogP contribution in [0, 0.1) is 18.3 Å². The number of benzene rings is 1. The summed E-state index contributed by atoms with van der Waals surface area (Å²) in [6.45, 7) is 5.76. The molecule has 0 saturated heterocycles. The maximum absolute atomic E-state index is 9.02. The fourth-order valence-electron chi connectivity index (χ4n) is 2.18. The summed E-state index contributed by atoms with van der Waals surface area (Å²) in [6.07, 6.45) is 0. The molecule has 1 aromatic heterocycles. The zero-order valence-electron chi connectivity index (χ0n) is 13.4. The molecule has 2 rings (SSSR count). The molecule has 0 aliphatic heterocycles. The predicted octanol–water partition coefficient (Wildman–Crippen LogP) is 3.19. The van der Waals surface area contributed by atoms with Gasteiger partial charge in [-0.25, -0.2) is 4.98 Å². The highest BCUT2D eigenvalue weighted by atomic mass is 15.1. The van der Waals surface area contributed by atoms with Crippen molar-refractivity contribution < 1.29 is 0 Å². The molecule has 0 spiro atoms. The Morgan fingerprint density at radius 2 is 1.95 bits per heavy atom. The second-order valence-corrected chi connectivity index (χ2v) is 5.60. The highest BCUT2D eigenvalue weighted by molar-refractivity contribution is 5.42. The summed E-state index contributed by atoms with van der Waals surface area (Å²) in [7, 11) is 2.11. The number of rotatable bonds is 6. The Bertz CT molecular complexity index is 646. The largest absolute Gasteiger partial charge is 0.368 e. The van der Waals surface area contributed by atoms with E-state index in [4.69, 9.17) is 5.26 Å². The summed E-state index contributed by atoms with van der Waals surface area (Å²) in [5, 5.41) is 12.3. The van der Waals surface area contributed by atoms with E-state index < -0.39 is 0 Å². The van der Waals surface area contributed by atoms with Gasteiger partial charge < -0.3 is 5.32 Å². The first-order chi connectivity index (χ1) is 10.6. The van der Waals surface area contributed by atoms with Crippen LogP contribution in [0.2, 0.25) is 0 Å². The lowest BCUT2D eigenvalue weighted by Crippen LogP contribution is -2.34. The molecule has 0 bridgehead atoms. The monoisotopic (exact) mass is 294 g/mol. The second-order valence-electron chi connectivity index (χ2n) is 5.60. The van der Waals surface area contributed by atoms with Crippen molar-refractivity contribution in [1.29, 1.82) is 5.26 Å². The SMILES string of the molecule is Cc1ccc(NCC(C)N(C)Cc2ccccc2)nc1C#N. The summed E-state index contributed by atoms with van der Waals surface area (Å²) in [5.74, 6) is 0.752. The van der Waals surface area contributed by atoms with E-state index >= 15 is 0 Å². The fourth-order valence-corrected chi connectivity index (χ4v) is 2.18. The molecular formula is C18H22N4. The van der Waals surface area contributed by atoms with E-state index in [9.17, 15) is 0 Å². The first kappa shape index (κ1) is 16.0. The molecule has 1 atom stereocenters. The van der Waals surface area contributed by atoms with Crippen molar-refractivity contribution in [2.75, 3.05) is 18.9 Å². The van der Waals surface area contributed by atoms with Crippen molar-refractivity contribution in [3.63, 3.8) is 0 Å². The lowest BCUT2D eigenvalue weighted by molar-refractivity contribution is 0.259. The summed E-state index contributed by atoms with van der Waals surface area (Å²) in [5.41, 5.74) is 2.69. The molecule has 0 aliphatic rings. The van der Waals surface area contributed by atoms with Crippen LogP contribution in [-0.2, 0) is 6.54 Å². The van der Waals surface area contributed by atoms with Gasteiger partial charge in [0.1, 0.15) is 17.6 Å². The molecular weight excluding hydrogens is 272 g/mol. The Balaban J connectivity index is 1.89. The van der Waals surface area contributed by atoms with Gasteiger partial charge in [0.25, 0.3) is 0 Å². The Morgan fingerprint density at radius 3 is 2.64 bits per heavy atom. The Labute approximate surface area is 132 Å². The minimum Gasteiger partial charge on any atom is -0.368 e. The third kappa shape index (κ3) is 4.31. The van der Waals surface area contributed by atoms with Crippen LogP contribution in [-0.4, -0.2) is 29.5 Å². The number of nitrogens with one attached hydrogen (secondary N) is 1. The van der Waals surface area contributed by atoms with Crippen molar-refractivity contribution in [3.05, 3.63) is 59.3 Å². The Kier molecular flexibility index (Phi) is 5.51. The van der Waals surface area contributed by atoms with Gasteiger partial charge in [-0.1, -0.05) is 36.4 Å². The number of pyridine rings is 1. The van der Waals surface area contributed by atoms with Crippen LogP contribution in [0.5, 0.6) is 0 Å². The molecule has 0 fully saturated rings. The smallest absolute Gasteiger partial charge is 0.145 e. The van der Waals surface area contributed by atoms with E-state index in [2.05, 4.69) is 59.5 Å². The van der Waals surface area contributed by atoms with Gasteiger partial charge in [0.2, 0.25) is 0 Å². The molecule has 1 aromatic carbocycles. The number of hydrogen-bond acceptors (Lipinski definition) is 4. The first-order valence-corrected chi connectivity index (χ1v) is 7.46. The summed E-state index contributed by atoms with van der Waals surface area (Å²) in [4.78, 5) is 6.61. The highest BCUT2D eigenvalue weighted by Crippen LogP contribution is 2.11. The standard InChI is InChI=1S/C18H22N4/c1-14-9-10-18(21-17(14)11-19)20-12-15(2)22(3)13-16-7-5-4-6-8-16/h4-10,15H,12-13H2,1-3H3,(H,20,21). The van der Waals surface area contributed by atoms with Crippen molar-refractivity contribution in [1.82, 2.24) is 9.88 Å². The summed E-state index contributed by atoms with van der Waals surface area (Å²) in [6, 6.07) is 16.7. The number of nitriles is 1. The van der Waals surface area contributed by atoms with E-state index in [0.717, 1.165) is 24.5 Å². The van der Waals surface area contributed by atoms with Gasteiger partial charge in [0.15, 0.2) is 0 Å². The normalized spacial score (nSPS) is 12.0. The van der Waals surface area contributed by atoms with Gasteiger partial charge in [-0.15, -0.1) is 0 Å². The third-order valence-electron chi connectivity index (χ3n) is 3.81. The molecule has 1 N–H and O–H groups in total. The fraction of sp³-hybridized carbons (Fsp3) is 0.333. The minimum atomic E-state index is 0.355. The molecule has 22 heavy (non-hydrogen) atoms. The van der Waals surface area contributed by atoms with Crippen LogP contribution in [0.4, 0.5) is 5.82 Å². The van der Waals surface area contributed by atoms with Crippen LogP contribution >= 0.6 is 0 Å². The van der Waals surface area contributed by atoms with Crippen LogP contribution < -0.4 is 5.32 Å². The second kappa shape index (κ2) is 7.58. The maximum Gasteiger partial charge on any atom is 0.145 e. The molecule has 4 nitrogen and oxygen atoms in total. The van der Waals surface area contributed by atoms with E-state index in [1.165, 1.54) is 5.56 Å². The van der Waals surface area contributed by atoms with Gasteiger partial charge in [-0.2, -0.15) is 5.26 Å². The van der Waals surface area contributed by atoms with Crippen LogP contribution in [0.15, 0.2) is 42.5 Å². The molecule has 2 aromatic rings. The number of hydrogen-bond donors (Lipinski definition) is 1. The first-order valence-electron chi connectivity index (χ1n) is 7.46. The zero-order valence-corrected chi connectivity index (χ0v) is 13.4. The Morgan fingerprint density at radius 1 is 1.23 bits per heavy atom. The highest BCUT2D eigenvalue weighted by Gasteiger charge is 2.10. The molecule has 0 aliphatic carbocycles. The van der Waals surface area contributed by atoms with Crippen LogP contribution in [0.1, 0.15) is 23.7 Å². The number of anilines is 1. The summed E-state index contributed by atoms with van der Waals surface area (Å²) < 4.78 is 0. The molecule has 0 amide bonds. The van der Waals surface area contributed by atoms with Crippen molar-refractivity contribution in [2.45, 2.75) is 26.4 Å². The molecule has 0 radical (unpaired) electrons. The molecule has 114 valence electrons. The number of likely N-dealkylation sites (N-methyl/N-ethyl adjacent to an activating group) is 1. The van der Waals surface area contributed by atoms with Gasteiger partial charge in [-0.05, 0) is 38.1 Å². The lowest BCUT2D eigenvalue weighted by atomic mass is 10.2. The molecule has 0 saturated carbocycles. The van der Waals surface area contributed by atoms with Crippen LogP contribution in [0.3, 0.4) is 0 Å². The molecule has 4 heteroatoms. The van der Waals surface area contributed by atoms with E-state index in [1.54, 1.807) is 0 Å². The van der Waals surface area contributed by atoms with Crippen molar-refractivity contribution in [3.8, 4) is 6.07 Å². The van der Waals surface area contributed by atoms with Crippen molar-refractivity contribution in [2.24, 2.45) is 0 Å². The zero-order chi connectivity index (χ0) is 15.9. The molecule has 1 heterocycles. The maximum atomic E-state index is 9.02. The molecule has 1 unspecified atom stereocenters. The van der Waals surface area contributed by atoms with Crippen LogP contribution in [0.25, 0.3) is 0 Å². The predicted molar refractivity (Wildman–Crippen MR) is 89.5 cm³/mol. The number of nitrogens with zero attached hydrogens (tertiary/aromatic N) is 3. The van der Waals surface area contributed by atoms with Gasteiger partial charge in [-0.3, -0.25) is 4.90 Å². The average Bonchev–Trinajstić information content (AvgIpc) is 2.54. The number of aromatic nitrogens is 1. The average molecular weight is 294 g/mol. The topological polar surface area (TPSA) is 52.0 Å². The van der Waals surface area contributed by atoms with Gasteiger partial charge >= 0.3 is 0 Å².